The monoisotopic (exact) mass is 388 g/mol. The maximum atomic E-state index is 13.6. The number of hydrogen-bond acceptors (Lipinski definition) is 4. The van der Waals surface area contributed by atoms with Gasteiger partial charge in [-0.25, -0.2) is 4.39 Å². The second-order valence-corrected chi connectivity index (χ2v) is 8.37. The minimum Gasteiger partial charge on any atom is -0.377 e. The number of hydrogen-bond donors (Lipinski definition) is 0. The van der Waals surface area contributed by atoms with Crippen molar-refractivity contribution in [1.29, 1.82) is 0 Å². The van der Waals surface area contributed by atoms with Crippen molar-refractivity contribution in [3.8, 4) is 0 Å². The summed E-state index contributed by atoms with van der Waals surface area (Å²) in [6, 6.07) is 8.75. The maximum absolute atomic E-state index is 13.6. The fourth-order valence-electron chi connectivity index (χ4n) is 3.91. The molecule has 2 aromatic rings. The molecule has 1 saturated heterocycles. The molecule has 4 rings (SSSR count). The molecule has 0 aliphatic carbocycles. The summed E-state index contributed by atoms with van der Waals surface area (Å²) < 4.78 is 19.3. The average molecular weight is 389 g/mol. The van der Waals surface area contributed by atoms with Gasteiger partial charge in [-0.05, 0) is 54.0 Å². The van der Waals surface area contributed by atoms with Gasteiger partial charge in [-0.1, -0.05) is 12.1 Å². The number of amides is 1. The fraction of sp³-hybridized carbons (Fsp3) is 0.476. The van der Waals surface area contributed by atoms with E-state index in [1.807, 2.05) is 11.0 Å². The first-order valence-electron chi connectivity index (χ1n) is 9.59. The number of rotatable bonds is 6. The smallest absolute Gasteiger partial charge is 0.237 e. The van der Waals surface area contributed by atoms with Gasteiger partial charge in [-0.3, -0.25) is 9.69 Å². The van der Waals surface area contributed by atoms with E-state index in [1.165, 1.54) is 16.5 Å². The van der Waals surface area contributed by atoms with Crippen LogP contribution in [0.4, 0.5) is 4.39 Å². The number of fused-ring (bicyclic) bond motifs is 1. The molecule has 0 saturated carbocycles. The number of nitrogens with zero attached hydrogens (tertiary/aromatic N) is 2. The predicted molar refractivity (Wildman–Crippen MR) is 104 cm³/mol. The first kappa shape index (κ1) is 18.6. The number of carbonyl (C=O) groups is 1. The van der Waals surface area contributed by atoms with Gasteiger partial charge in [-0.2, -0.15) is 0 Å². The van der Waals surface area contributed by atoms with E-state index in [-0.39, 0.29) is 17.8 Å². The summed E-state index contributed by atoms with van der Waals surface area (Å²) in [6.45, 7) is 3.88. The van der Waals surface area contributed by atoms with Gasteiger partial charge in [0.05, 0.1) is 12.6 Å². The molecule has 1 atom stereocenters. The van der Waals surface area contributed by atoms with E-state index in [0.29, 0.717) is 26.2 Å². The Balaban J connectivity index is 1.42. The topological polar surface area (TPSA) is 32.8 Å². The van der Waals surface area contributed by atoms with Crippen molar-refractivity contribution in [1.82, 2.24) is 9.80 Å². The molecule has 0 radical (unpaired) electrons. The van der Waals surface area contributed by atoms with Crippen molar-refractivity contribution < 1.29 is 13.9 Å². The van der Waals surface area contributed by atoms with Gasteiger partial charge < -0.3 is 9.64 Å². The Hall–Kier alpha value is -1.76. The van der Waals surface area contributed by atoms with Crippen LogP contribution in [0.5, 0.6) is 0 Å². The SMILES string of the molecule is O=C(CN(Cc1cccc(F)c1)CC1CCCO1)N1CCc2sccc2C1. The standard InChI is InChI=1S/C21H25FN2O2S/c22-18-4-1-3-16(11-18)12-23(14-19-5-2-9-26-19)15-21(25)24-8-6-20-17(13-24)7-10-27-20/h1,3-4,7,10-11,19H,2,5-6,8-9,12-15H2. The molecule has 1 aromatic carbocycles. The van der Waals surface area contributed by atoms with Crippen LogP contribution < -0.4 is 0 Å². The quantitative estimate of drug-likeness (QED) is 0.760. The molecule has 1 unspecified atom stereocenters. The highest BCUT2D eigenvalue weighted by Crippen LogP contribution is 2.24. The van der Waals surface area contributed by atoms with Gasteiger partial charge in [0, 0.05) is 37.7 Å². The molecular formula is C21H25FN2O2S. The maximum Gasteiger partial charge on any atom is 0.237 e. The van der Waals surface area contributed by atoms with Gasteiger partial charge in [-0.15, -0.1) is 11.3 Å². The van der Waals surface area contributed by atoms with E-state index in [1.54, 1.807) is 23.5 Å². The highest BCUT2D eigenvalue weighted by Gasteiger charge is 2.25. The third kappa shape index (κ3) is 4.75. The molecule has 0 spiro atoms. The molecule has 1 aromatic heterocycles. The lowest BCUT2D eigenvalue weighted by Gasteiger charge is -2.31. The van der Waals surface area contributed by atoms with Crippen LogP contribution in [0.15, 0.2) is 35.7 Å². The molecule has 0 N–H and O–H groups in total. The molecular weight excluding hydrogens is 363 g/mol. The Bertz CT molecular complexity index is 788. The Morgan fingerprint density at radius 1 is 1.37 bits per heavy atom. The second-order valence-electron chi connectivity index (χ2n) is 7.37. The number of carbonyl (C=O) groups excluding carboxylic acids is 1. The number of benzene rings is 1. The largest absolute Gasteiger partial charge is 0.377 e. The highest BCUT2D eigenvalue weighted by molar-refractivity contribution is 7.10. The van der Waals surface area contributed by atoms with Gasteiger partial charge in [0.25, 0.3) is 0 Å². The first-order chi connectivity index (χ1) is 13.2. The van der Waals surface area contributed by atoms with Crippen LogP contribution in [0.2, 0.25) is 0 Å². The summed E-state index contributed by atoms with van der Waals surface area (Å²) in [5, 5.41) is 2.10. The van der Waals surface area contributed by atoms with Crippen LogP contribution in [0, 0.1) is 5.82 Å². The lowest BCUT2D eigenvalue weighted by molar-refractivity contribution is -0.133. The third-order valence-corrected chi connectivity index (χ3v) is 6.32. The molecule has 1 fully saturated rings. The van der Waals surface area contributed by atoms with Crippen LogP contribution >= 0.6 is 11.3 Å². The summed E-state index contributed by atoms with van der Waals surface area (Å²) in [6.07, 6.45) is 3.19. The van der Waals surface area contributed by atoms with Crippen LogP contribution in [-0.4, -0.2) is 48.1 Å². The van der Waals surface area contributed by atoms with Gasteiger partial charge >= 0.3 is 0 Å². The van der Waals surface area contributed by atoms with Crippen LogP contribution in [0.3, 0.4) is 0 Å². The Morgan fingerprint density at radius 2 is 2.30 bits per heavy atom. The van der Waals surface area contributed by atoms with E-state index in [9.17, 15) is 9.18 Å². The molecule has 6 heteroatoms. The number of halogens is 1. The molecule has 144 valence electrons. The lowest BCUT2D eigenvalue weighted by Crippen LogP contribution is -2.44. The zero-order valence-corrected chi connectivity index (χ0v) is 16.2. The van der Waals surface area contributed by atoms with Crippen molar-refractivity contribution >= 4 is 17.2 Å². The zero-order valence-electron chi connectivity index (χ0n) is 15.4. The summed E-state index contributed by atoms with van der Waals surface area (Å²) in [4.78, 5) is 18.4. The Morgan fingerprint density at radius 3 is 3.11 bits per heavy atom. The minimum absolute atomic E-state index is 0.140. The van der Waals surface area contributed by atoms with Gasteiger partial charge in [0.2, 0.25) is 5.91 Å². The summed E-state index contributed by atoms with van der Waals surface area (Å²) in [5.41, 5.74) is 2.16. The molecule has 27 heavy (non-hydrogen) atoms. The third-order valence-electron chi connectivity index (χ3n) is 5.30. The molecule has 0 bridgehead atoms. The first-order valence-corrected chi connectivity index (χ1v) is 10.5. The van der Waals surface area contributed by atoms with Crippen molar-refractivity contribution in [3.05, 3.63) is 57.5 Å². The van der Waals surface area contributed by atoms with Crippen molar-refractivity contribution in [3.63, 3.8) is 0 Å². The van der Waals surface area contributed by atoms with E-state index >= 15 is 0 Å². The molecule has 2 aliphatic heterocycles. The van der Waals surface area contributed by atoms with Crippen LogP contribution in [0.1, 0.15) is 28.8 Å². The lowest BCUT2D eigenvalue weighted by atomic mass is 10.1. The Labute approximate surface area is 163 Å². The molecule has 3 heterocycles. The average Bonchev–Trinajstić information content (AvgIpc) is 3.32. The molecule has 2 aliphatic rings. The van der Waals surface area contributed by atoms with E-state index < -0.39 is 0 Å². The van der Waals surface area contributed by atoms with E-state index in [0.717, 1.165) is 38.0 Å². The van der Waals surface area contributed by atoms with Gasteiger partial charge in [0.1, 0.15) is 5.82 Å². The van der Waals surface area contributed by atoms with Crippen molar-refractivity contribution in [2.75, 3.05) is 26.2 Å². The minimum atomic E-state index is -0.239. The normalized spacial score (nSPS) is 19.5. The fourth-order valence-corrected chi connectivity index (χ4v) is 4.80. The summed E-state index contributed by atoms with van der Waals surface area (Å²) in [5.74, 6) is -0.0989. The number of ether oxygens (including phenoxy) is 1. The van der Waals surface area contributed by atoms with Crippen LogP contribution in [0.25, 0.3) is 0 Å². The number of thiophene rings is 1. The van der Waals surface area contributed by atoms with E-state index in [2.05, 4.69) is 16.3 Å². The predicted octanol–water partition coefficient (Wildman–Crippen LogP) is 3.45. The van der Waals surface area contributed by atoms with E-state index in [4.69, 9.17) is 4.74 Å². The van der Waals surface area contributed by atoms with Gasteiger partial charge in [0.15, 0.2) is 0 Å². The summed E-state index contributed by atoms with van der Waals surface area (Å²) >= 11 is 1.78. The molecule has 1 amide bonds. The summed E-state index contributed by atoms with van der Waals surface area (Å²) in [7, 11) is 0. The zero-order chi connectivity index (χ0) is 18.6. The van der Waals surface area contributed by atoms with Crippen molar-refractivity contribution in [2.24, 2.45) is 0 Å². The Kier molecular flexibility index (Phi) is 5.86. The van der Waals surface area contributed by atoms with Crippen LogP contribution in [-0.2, 0) is 29.0 Å². The van der Waals surface area contributed by atoms with Crippen molar-refractivity contribution in [2.45, 2.75) is 38.5 Å². The second kappa shape index (κ2) is 8.50. The molecule has 4 nitrogen and oxygen atoms in total. The highest BCUT2D eigenvalue weighted by atomic mass is 32.1.